The van der Waals surface area contributed by atoms with Crippen LogP contribution in [0.5, 0.6) is 0 Å². The maximum absolute atomic E-state index is 14.1. The van der Waals surface area contributed by atoms with E-state index in [-0.39, 0.29) is 23.5 Å². The van der Waals surface area contributed by atoms with Gasteiger partial charge in [-0.15, -0.1) is 0 Å². The first-order chi connectivity index (χ1) is 13.4. The van der Waals surface area contributed by atoms with E-state index in [1.807, 2.05) is 4.90 Å². The number of halogens is 1. The molecule has 0 unspecified atom stereocenters. The van der Waals surface area contributed by atoms with Crippen LogP contribution >= 0.6 is 0 Å². The summed E-state index contributed by atoms with van der Waals surface area (Å²) in [5, 5.41) is 5.06. The number of anilines is 3. The highest BCUT2D eigenvalue weighted by Gasteiger charge is 2.35. The second-order valence-electron chi connectivity index (χ2n) is 7.12. The second-order valence-corrected chi connectivity index (χ2v) is 7.12. The zero-order valence-corrected chi connectivity index (χ0v) is 15.3. The highest BCUT2D eigenvalue weighted by atomic mass is 19.1. The zero-order valence-electron chi connectivity index (χ0n) is 15.3. The van der Waals surface area contributed by atoms with Gasteiger partial charge in [-0.25, -0.2) is 4.39 Å². The Kier molecular flexibility index (Phi) is 4.58. The van der Waals surface area contributed by atoms with Crippen LogP contribution in [0.25, 0.3) is 0 Å². The van der Waals surface area contributed by atoms with E-state index in [9.17, 15) is 18.8 Å². The Labute approximate surface area is 160 Å². The average molecular weight is 385 g/mol. The van der Waals surface area contributed by atoms with Crippen molar-refractivity contribution in [2.75, 3.05) is 28.6 Å². The van der Waals surface area contributed by atoms with Crippen molar-refractivity contribution in [1.82, 2.24) is 9.97 Å². The Morgan fingerprint density at radius 1 is 1.29 bits per heavy atom. The van der Waals surface area contributed by atoms with Crippen LogP contribution in [0.15, 0.2) is 23.0 Å². The van der Waals surface area contributed by atoms with Gasteiger partial charge >= 0.3 is 0 Å². The zero-order chi connectivity index (χ0) is 19.8. The van der Waals surface area contributed by atoms with Gasteiger partial charge in [0.05, 0.1) is 17.2 Å². The molecule has 4 rings (SSSR count). The van der Waals surface area contributed by atoms with Crippen molar-refractivity contribution in [3.63, 3.8) is 0 Å². The Bertz CT molecular complexity index is 1010. The maximum atomic E-state index is 14.1. The molecule has 8 nitrogen and oxygen atoms in total. The molecule has 28 heavy (non-hydrogen) atoms. The molecule has 146 valence electrons. The lowest BCUT2D eigenvalue weighted by atomic mass is 9.92. The fourth-order valence-corrected chi connectivity index (χ4v) is 3.60. The molecular formula is C19H20FN5O3. The Balaban J connectivity index is 1.66. The third-order valence-corrected chi connectivity index (χ3v) is 5.04. The standard InChI is InChI=1S/C19H20FN5O3/c1-10-4-5-13(12(20)8-10)21-17(27)11-9-14(26)22-16-15(11)18(28)24-19(23-16)25-6-2-3-7-25/h4-5,8,11H,2-3,6-7,9H2,1H3,(H,21,27)(H2,22,23,24,26,28)/t11-/m1/s1. The topological polar surface area (TPSA) is 107 Å². The molecule has 0 saturated carbocycles. The van der Waals surface area contributed by atoms with Gasteiger partial charge in [-0.1, -0.05) is 6.07 Å². The molecule has 9 heteroatoms. The summed E-state index contributed by atoms with van der Waals surface area (Å²) in [7, 11) is 0. The number of fused-ring (bicyclic) bond motifs is 1. The summed E-state index contributed by atoms with van der Waals surface area (Å²) in [6.07, 6.45) is 1.79. The van der Waals surface area contributed by atoms with Crippen molar-refractivity contribution < 1.29 is 14.0 Å². The number of amides is 2. The molecular weight excluding hydrogens is 365 g/mol. The van der Waals surface area contributed by atoms with Crippen LogP contribution in [-0.4, -0.2) is 34.9 Å². The molecule has 3 N–H and O–H groups in total. The Morgan fingerprint density at radius 3 is 2.75 bits per heavy atom. The van der Waals surface area contributed by atoms with Crippen molar-refractivity contribution in [3.8, 4) is 0 Å². The number of nitrogens with one attached hydrogen (secondary N) is 3. The summed E-state index contributed by atoms with van der Waals surface area (Å²) in [5.74, 6) is -2.19. The van der Waals surface area contributed by atoms with E-state index < -0.39 is 29.1 Å². The lowest BCUT2D eigenvalue weighted by Crippen LogP contribution is -2.37. The number of hydrogen-bond donors (Lipinski definition) is 3. The van der Waals surface area contributed by atoms with Crippen LogP contribution in [0, 0.1) is 12.7 Å². The summed E-state index contributed by atoms with van der Waals surface area (Å²) < 4.78 is 14.1. The van der Waals surface area contributed by atoms with E-state index in [0.717, 1.165) is 25.9 Å². The molecule has 1 atom stereocenters. The smallest absolute Gasteiger partial charge is 0.258 e. The minimum atomic E-state index is -1.05. The SMILES string of the molecule is Cc1ccc(NC(=O)[C@@H]2CC(=O)Nc3nc(N4CCCC4)[nH]c(=O)c32)c(F)c1. The maximum Gasteiger partial charge on any atom is 0.258 e. The van der Waals surface area contributed by atoms with Crippen LogP contribution in [0.3, 0.4) is 0 Å². The third-order valence-electron chi connectivity index (χ3n) is 5.04. The number of carbonyl (C=O) groups excluding carboxylic acids is 2. The number of hydrogen-bond acceptors (Lipinski definition) is 5. The van der Waals surface area contributed by atoms with Crippen molar-refractivity contribution >= 4 is 29.3 Å². The van der Waals surface area contributed by atoms with Crippen molar-refractivity contribution in [3.05, 3.63) is 45.5 Å². The van der Waals surface area contributed by atoms with Crippen LogP contribution < -0.4 is 21.1 Å². The van der Waals surface area contributed by atoms with Crippen LogP contribution in [-0.2, 0) is 9.59 Å². The summed E-state index contributed by atoms with van der Waals surface area (Å²) in [4.78, 5) is 46.6. The molecule has 1 aromatic carbocycles. The number of H-pyrrole nitrogens is 1. The molecule has 1 fully saturated rings. The van der Waals surface area contributed by atoms with Gasteiger partial charge < -0.3 is 15.5 Å². The molecule has 2 amide bonds. The Morgan fingerprint density at radius 2 is 2.04 bits per heavy atom. The minimum Gasteiger partial charge on any atom is -0.342 e. The van der Waals surface area contributed by atoms with Gasteiger partial charge in [0.1, 0.15) is 11.6 Å². The van der Waals surface area contributed by atoms with Gasteiger partial charge in [-0.3, -0.25) is 19.4 Å². The second kappa shape index (κ2) is 7.06. The van der Waals surface area contributed by atoms with Gasteiger partial charge in [0.25, 0.3) is 5.56 Å². The lowest BCUT2D eigenvalue weighted by Gasteiger charge is -2.25. The average Bonchev–Trinajstić information content (AvgIpc) is 3.17. The minimum absolute atomic E-state index is 0.00112. The fraction of sp³-hybridized carbons (Fsp3) is 0.368. The summed E-state index contributed by atoms with van der Waals surface area (Å²) in [5.41, 5.74) is 0.332. The summed E-state index contributed by atoms with van der Waals surface area (Å²) in [6.45, 7) is 3.28. The van der Waals surface area contributed by atoms with Gasteiger partial charge in [0, 0.05) is 19.5 Å². The number of aromatic amines is 1. The largest absolute Gasteiger partial charge is 0.342 e. The number of benzene rings is 1. The molecule has 1 aromatic heterocycles. The van der Waals surface area contributed by atoms with Crippen LogP contribution in [0.1, 0.15) is 36.3 Å². The third kappa shape index (κ3) is 3.35. The van der Waals surface area contributed by atoms with Crippen LogP contribution in [0.4, 0.5) is 21.8 Å². The normalized spacial score (nSPS) is 18.6. The molecule has 0 spiro atoms. The number of aryl methyl sites for hydroxylation is 1. The van der Waals surface area contributed by atoms with E-state index in [2.05, 4.69) is 20.6 Å². The quantitative estimate of drug-likeness (QED) is 0.748. The van der Waals surface area contributed by atoms with E-state index in [0.29, 0.717) is 11.5 Å². The van der Waals surface area contributed by atoms with Crippen LogP contribution in [0.2, 0.25) is 0 Å². The first-order valence-electron chi connectivity index (χ1n) is 9.18. The molecule has 1 saturated heterocycles. The fourth-order valence-electron chi connectivity index (χ4n) is 3.60. The van der Waals surface area contributed by atoms with E-state index >= 15 is 0 Å². The first kappa shape index (κ1) is 18.1. The molecule has 2 aliphatic rings. The van der Waals surface area contributed by atoms with Gasteiger partial charge in [0.2, 0.25) is 17.8 Å². The predicted molar refractivity (Wildman–Crippen MR) is 102 cm³/mol. The lowest BCUT2D eigenvalue weighted by molar-refractivity contribution is -0.123. The number of aromatic nitrogens is 2. The van der Waals surface area contributed by atoms with Crippen molar-refractivity contribution in [2.45, 2.75) is 32.1 Å². The van der Waals surface area contributed by atoms with Crippen molar-refractivity contribution in [1.29, 1.82) is 0 Å². The van der Waals surface area contributed by atoms with Gasteiger partial charge in [-0.2, -0.15) is 4.98 Å². The summed E-state index contributed by atoms with van der Waals surface area (Å²) in [6, 6.07) is 4.41. The number of carbonyl (C=O) groups is 2. The summed E-state index contributed by atoms with van der Waals surface area (Å²) >= 11 is 0. The molecule has 0 radical (unpaired) electrons. The monoisotopic (exact) mass is 385 g/mol. The van der Waals surface area contributed by atoms with E-state index in [1.165, 1.54) is 12.1 Å². The van der Waals surface area contributed by atoms with Crippen molar-refractivity contribution in [2.24, 2.45) is 0 Å². The molecule has 3 heterocycles. The molecule has 2 aromatic rings. The van der Waals surface area contributed by atoms with Gasteiger partial charge in [0.15, 0.2) is 0 Å². The number of nitrogens with zero attached hydrogens (tertiary/aromatic N) is 2. The first-order valence-corrected chi connectivity index (χ1v) is 9.18. The molecule has 0 bridgehead atoms. The highest BCUT2D eigenvalue weighted by molar-refractivity contribution is 6.04. The van der Waals surface area contributed by atoms with E-state index in [1.54, 1.807) is 13.0 Å². The van der Waals surface area contributed by atoms with Gasteiger partial charge in [-0.05, 0) is 37.5 Å². The molecule has 0 aliphatic carbocycles. The highest BCUT2D eigenvalue weighted by Crippen LogP contribution is 2.31. The molecule has 2 aliphatic heterocycles. The predicted octanol–water partition coefficient (Wildman–Crippen LogP) is 1.88. The number of rotatable bonds is 3. The Hall–Kier alpha value is -3.23. The van der Waals surface area contributed by atoms with E-state index in [4.69, 9.17) is 0 Å².